The molecule has 1 aliphatic rings. The third-order valence-electron chi connectivity index (χ3n) is 6.16. The number of ether oxygens (including phenoxy) is 2. The molecule has 4 rings (SSSR count). The van der Waals surface area contributed by atoms with Gasteiger partial charge in [0.05, 0.1) is 25.3 Å². The molecule has 1 fully saturated rings. The van der Waals surface area contributed by atoms with Crippen molar-refractivity contribution >= 4 is 17.4 Å². The molecule has 0 saturated carbocycles. The van der Waals surface area contributed by atoms with Gasteiger partial charge in [-0.05, 0) is 65.9 Å². The minimum absolute atomic E-state index is 0.0446. The maximum atomic E-state index is 13.3. The molecule has 3 aromatic rings. The Labute approximate surface area is 215 Å². The fraction of sp³-hybridized carbons (Fsp3) is 0.276. The smallest absolute Gasteiger partial charge is 0.295 e. The second-order valence-electron chi connectivity index (χ2n) is 9.40. The van der Waals surface area contributed by atoms with Crippen molar-refractivity contribution in [3.8, 4) is 17.2 Å². The van der Waals surface area contributed by atoms with Crippen LogP contribution in [0.25, 0.3) is 5.76 Å². The number of carbonyl (C=O) groups excluding carboxylic acids is 2. The number of aromatic nitrogens is 1. The maximum Gasteiger partial charge on any atom is 0.295 e. The fourth-order valence-electron chi connectivity index (χ4n) is 4.31. The number of aliphatic hydroxyl groups excluding tert-OH is 1. The molecule has 0 aliphatic carbocycles. The van der Waals surface area contributed by atoms with Crippen molar-refractivity contribution in [3.63, 3.8) is 0 Å². The number of nitrogens with zero attached hydrogens (tertiary/aromatic N) is 2. The molecule has 0 radical (unpaired) electrons. The van der Waals surface area contributed by atoms with Gasteiger partial charge in [0.15, 0.2) is 11.5 Å². The van der Waals surface area contributed by atoms with E-state index in [1.807, 2.05) is 6.92 Å². The number of hydrogen-bond donors (Lipinski definition) is 2. The lowest BCUT2D eigenvalue weighted by molar-refractivity contribution is -0.140. The molecule has 8 nitrogen and oxygen atoms in total. The number of aryl methyl sites for hydroxylation is 1. The zero-order valence-corrected chi connectivity index (χ0v) is 21.3. The van der Waals surface area contributed by atoms with Gasteiger partial charge in [0.1, 0.15) is 11.5 Å². The number of methoxy groups -OCH3 is 1. The van der Waals surface area contributed by atoms with E-state index in [-0.39, 0.29) is 29.4 Å². The Morgan fingerprint density at radius 3 is 2.54 bits per heavy atom. The maximum absolute atomic E-state index is 13.3. The van der Waals surface area contributed by atoms with Crippen molar-refractivity contribution in [2.75, 3.05) is 13.7 Å². The number of hydrogen-bond acceptors (Lipinski definition) is 7. The third-order valence-corrected chi connectivity index (χ3v) is 6.16. The van der Waals surface area contributed by atoms with E-state index in [4.69, 9.17) is 9.47 Å². The molecule has 2 N–H and O–H groups in total. The fourth-order valence-corrected chi connectivity index (χ4v) is 4.31. The second kappa shape index (κ2) is 10.7. The zero-order chi connectivity index (χ0) is 26.7. The lowest BCUT2D eigenvalue weighted by Crippen LogP contribution is -2.29. The van der Waals surface area contributed by atoms with Crippen LogP contribution in [-0.4, -0.2) is 45.5 Å². The lowest BCUT2D eigenvalue weighted by atomic mass is 9.94. The largest absolute Gasteiger partial charge is 0.507 e. The predicted octanol–water partition coefficient (Wildman–Crippen LogP) is 4.76. The van der Waals surface area contributed by atoms with Gasteiger partial charge in [0, 0.05) is 24.5 Å². The van der Waals surface area contributed by atoms with Gasteiger partial charge in [0.25, 0.3) is 11.7 Å². The van der Waals surface area contributed by atoms with E-state index in [1.165, 1.54) is 18.1 Å². The molecule has 192 valence electrons. The average molecular weight is 503 g/mol. The Balaban J connectivity index is 1.82. The highest BCUT2D eigenvalue weighted by molar-refractivity contribution is 6.46. The molecule has 8 heteroatoms. The summed E-state index contributed by atoms with van der Waals surface area (Å²) in [5.41, 5.74) is 2.37. The Hall–Kier alpha value is -4.33. The number of benzene rings is 2. The molecule has 0 unspecified atom stereocenters. The van der Waals surface area contributed by atoms with E-state index in [9.17, 15) is 19.8 Å². The van der Waals surface area contributed by atoms with Gasteiger partial charge in [-0.2, -0.15) is 0 Å². The molecular weight excluding hydrogens is 472 g/mol. The normalized spacial score (nSPS) is 16.9. The van der Waals surface area contributed by atoms with Crippen molar-refractivity contribution in [3.05, 3.63) is 88.8 Å². The Bertz CT molecular complexity index is 1350. The third kappa shape index (κ3) is 5.28. The summed E-state index contributed by atoms with van der Waals surface area (Å²) in [6.07, 6.45) is 3.24. The van der Waals surface area contributed by atoms with Crippen LogP contribution in [0.1, 0.15) is 42.1 Å². The summed E-state index contributed by atoms with van der Waals surface area (Å²) in [6, 6.07) is 12.4. The minimum Gasteiger partial charge on any atom is -0.507 e. The summed E-state index contributed by atoms with van der Waals surface area (Å²) < 4.78 is 11.1. The number of rotatable bonds is 8. The molecule has 2 heterocycles. The van der Waals surface area contributed by atoms with E-state index < -0.39 is 17.7 Å². The summed E-state index contributed by atoms with van der Waals surface area (Å²) in [4.78, 5) is 32.1. The first-order chi connectivity index (χ1) is 17.7. The number of phenols is 1. The van der Waals surface area contributed by atoms with Gasteiger partial charge in [-0.15, -0.1) is 0 Å². The highest BCUT2D eigenvalue weighted by Gasteiger charge is 2.46. The highest BCUT2D eigenvalue weighted by atomic mass is 16.5. The number of aromatic hydroxyl groups is 1. The summed E-state index contributed by atoms with van der Waals surface area (Å²) in [7, 11) is 1.41. The SMILES string of the molecule is COc1cc([C@H]2C(=C(O)c3ccc(OCC(C)C)c(C)c3)C(=O)C(=O)N2Cc2cccnc2)ccc1O. The van der Waals surface area contributed by atoms with Gasteiger partial charge < -0.3 is 24.6 Å². The monoisotopic (exact) mass is 502 g/mol. The molecule has 1 aliphatic heterocycles. The first kappa shape index (κ1) is 25.8. The van der Waals surface area contributed by atoms with Crippen molar-refractivity contribution in [1.29, 1.82) is 0 Å². The van der Waals surface area contributed by atoms with Gasteiger partial charge in [-0.3, -0.25) is 14.6 Å². The van der Waals surface area contributed by atoms with E-state index in [1.54, 1.807) is 54.9 Å². The highest BCUT2D eigenvalue weighted by Crippen LogP contribution is 2.42. The average Bonchev–Trinajstić information content (AvgIpc) is 3.13. The van der Waals surface area contributed by atoms with Gasteiger partial charge >= 0.3 is 0 Å². The van der Waals surface area contributed by atoms with Crippen molar-refractivity contribution < 1.29 is 29.3 Å². The molecule has 1 amide bonds. The molecular formula is C29H30N2O6. The molecule has 37 heavy (non-hydrogen) atoms. The number of aliphatic hydroxyl groups is 1. The van der Waals surface area contributed by atoms with Crippen molar-refractivity contribution in [2.45, 2.75) is 33.4 Å². The number of ketones is 1. The van der Waals surface area contributed by atoms with Crippen LogP contribution in [0.5, 0.6) is 17.2 Å². The van der Waals surface area contributed by atoms with E-state index in [2.05, 4.69) is 18.8 Å². The summed E-state index contributed by atoms with van der Waals surface area (Å²) in [5.74, 6) is -0.683. The minimum atomic E-state index is -0.910. The Kier molecular flexibility index (Phi) is 7.47. The molecule has 1 saturated heterocycles. The Morgan fingerprint density at radius 2 is 1.89 bits per heavy atom. The number of phenolic OH excluding ortho intramolecular Hbond substituents is 1. The number of amides is 1. The standard InChI is InChI=1S/C29H30N2O6/c1-17(2)16-37-23-10-8-21(12-18(23)3)27(33)25-26(20-7-9-22(32)24(13-20)36-4)31(29(35)28(25)34)15-19-6-5-11-30-14-19/h5-14,17,26,32-33H,15-16H2,1-4H3/t26-/m0/s1. The number of carbonyl (C=O) groups is 2. The van der Waals surface area contributed by atoms with Crippen LogP contribution in [0.2, 0.25) is 0 Å². The first-order valence-electron chi connectivity index (χ1n) is 12.0. The molecule has 0 bridgehead atoms. The van der Waals surface area contributed by atoms with Crippen molar-refractivity contribution in [2.24, 2.45) is 5.92 Å². The van der Waals surface area contributed by atoms with Gasteiger partial charge in [-0.1, -0.05) is 26.0 Å². The van der Waals surface area contributed by atoms with Crippen LogP contribution in [0.3, 0.4) is 0 Å². The van der Waals surface area contributed by atoms with Gasteiger partial charge in [-0.25, -0.2) is 0 Å². The lowest BCUT2D eigenvalue weighted by Gasteiger charge is -2.26. The molecule has 2 aromatic carbocycles. The first-order valence-corrected chi connectivity index (χ1v) is 12.0. The van der Waals surface area contributed by atoms with Crippen LogP contribution in [0.15, 0.2) is 66.5 Å². The molecule has 1 atom stereocenters. The number of Topliss-reactive ketones (excluding diaryl/α,β-unsaturated/α-hetero) is 1. The van der Waals surface area contributed by atoms with E-state index >= 15 is 0 Å². The predicted molar refractivity (Wildman–Crippen MR) is 138 cm³/mol. The Morgan fingerprint density at radius 1 is 1.11 bits per heavy atom. The van der Waals surface area contributed by atoms with Gasteiger partial charge in [0.2, 0.25) is 0 Å². The summed E-state index contributed by atoms with van der Waals surface area (Å²) in [6.45, 7) is 6.62. The molecule has 0 spiro atoms. The number of pyridine rings is 1. The van der Waals surface area contributed by atoms with Crippen LogP contribution in [0.4, 0.5) is 0 Å². The van der Waals surface area contributed by atoms with E-state index in [0.717, 1.165) is 11.1 Å². The zero-order valence-electron chi connectivity index (χ0n) is 21.3. The van der Waals surface area contributed by atoms with Crippen LogP contribution >= 0.6 is 0 Å². The number of likely N-dealkylation sites (tertiary alicyclic amines) is 1. The van der Waals surface area contributed by atoms with Crippen LogP contribution < -0.4 is 9.47 Å². The summed E-state index contributed by atoms with van der Waals surface area (Å²) >= 11 is 0. The van der Waals surface area contributed by atoms with E-state index in [0.29, 0.717) is 29.4 Å². The second-order valence-corrected chi connectivity index (χ2v) is 9.40. The van der Waals surface area contributed by atoms with Crippen LogP contribution in [0, 0.1) is 12.8 Å². The quantitative estimate of drug-likeness (QED) is 0.260. The molecule has 1 aromatic heterocycles. The van der Waals surface area contributed by atoms with Crippen LogP contribution in [-0.2, 0) is 16.1 Å². The topological polar surface area (TPSA) is 109 Å². The summed E-state index contributed by atoms with van der Waals surface area (Å²) in [5, 5.41) is 21.5. The van der Waals surface area contributed by atoms with Crippen molar-refractivity contribution in [1.82, 2.24) is 9.88 Å².